The van der Waals surface area contributed by atoms with Gasteiger partial charge in [0.2, 0.25) is 0 Å². The highest BCUT2D eigenvalue weighted by molar-refractivity contribution is 7.71. The average molecular weight is 288 g/mol. The fourth-order valence-corrected chi connectivity index (χ4v) is 3.15. The first-order valence-electron chi connectivity index (χ1n) is 7.32. The van der Waals surface area contributed by atoms with Gasteiger partial charge in [0.25, 0.3) is 0 Å². The maximum absolute atomic E-state index is 5.34. The minimum absolute atomic E-state index is 0.524. The number of nitrogens with one attached hydrogen (secondary N) is 1. The van der Waals surface area contributed by atoms with E-state index in [1.165, 1.54) is 38.5 Å². The molecule has 0 aliphatic heterocycles. The molecule has 0 aromatic carbocycles. The van der Waals surface area contributed by atoms with Crippen LogP contribution in [-0.2, 0) is 7.05 Å². The summed E-state index contributed by atoms with van der Waals surface area (Å²) < 4.78 is 2.47. The van der Waals surface area contributed by atoms with Crippen molar-refractivity contribution in [1.29, 1.82) is 0 Å². The Morgan fingerprint density at radius 3 is 2.65 bits per heavy atom. The summed E-state index contributed by atoms with van der Waals surface area (Å²) in [5, 5.41) is 4.22. The summed E-state index contributed by atoms with van der Waals surface area (Å²) in [6.45, 7) is 0. The summed E-state index contributed by atoms with van der Waals surface area (Å²) in [7, 11) is 1.92. The largest absolute Gasteiger partial charge is 0.343 e. The highest BCUT2D eigenvalue weighted by Crippen LogP contribution is 2.30. The Labute approximate surface area is 124 Å². The summed E-state index contributed by atoms with van der Waals surface area (Å²) in [5.74, 6) is 1.58. The molecule has 1 fully saturated rings. The van der Waals surface area contributed by atoms with Crippen molar-refractivity contribution in [2.24, 2.45) is 7.05 Å². The third kappa shape index (κ3) is 2.98. The number of rotatable bonds is 2. The lowest BCUT2D eigenvalue weighted by atomic mass is 9.99. The topological polar surface area (TPSA) is 46.5 Å². The molecular weight excluding hydrogens is 268 g/mol. The van der Waals surface area contributed by atoms with Crippen molar-refractivity contribution in [2.45, 2.75) is 44.4 Å². The lowest BCUT2D eigenvalue weighted by Gasteiger charge is -2.14. The Morgan fingerprint density at radius 2 is 2.00 bits per heavy atom. The van der Waals surface area contributed by atoms with Crippen molar-refractivity contribution in [3.63, 3.8) is 0 Å². The van der Waals surface area contributed by atoms with Gasteiger partial charge in [0, 0.05) is 24.7 Å². The van der Waals surface area contributed by atoms with E-state index in [1.54, 1.807) is 4.68 Å². The van der Waals surface area contributed by atoms with Crippen LogP contribution in [0.3, 0.4) is 0 Å². The van der Waals surface area contributed by atoms with Crippen molar-refractivity contribution < 1.29 is 0 Å². The number of nitrogens with zero attached hydrogens (tertiary/aromatic N) is 3. The van der Waals surface area contributed by atoms with Gasteiger partial charge in [-0.2, -0.15) is 5.10 Å². The Hall–Kier alpha value is -1.49. The second kappa shape index (κ2) is 5.87. The zero-order valence-electron chi connectivity index (χ0n) is 11.8. The summed E-state index contributed by atoms with van der Waals surface area (Å²) in [6, 6.07) is 1.92. The Balaban J connectivity index is 1.95. The van der Waals surface area contributed by atoms with Gasteiger partial charge in [0.05, 0.1) is 11.9 Å². The smallest absolute Gasteiger partial charge is 0.130 e. The SMILES string of the molecule is Cn1cc(-c2cc(=S)nc(C3CCCCCC3)[nH]2)cn1. The van der Waals surface area contributed by atoms with E-state index < -0.39 is 0 Å². The molecule has 0 spiro atoms. The molecule has 0 bridgehead atoms. The first kappa shape index (κ1) is 13.5. The highest BCUT2D eigenvalue weighted by Gasteiger charge is 2.17. The van der Waals surface area contributed by atoms with Gasteiger partial charge >= 0.3 is 0 Å². The van der Waals surface area contributed by atoms with Gasteiger partial charge in [0.15, 0.2) is 0 Å². The molecule has 2 aromatic heterocycles. The second-order valence-electron chi connectivity index (χ2n) is 5.61. The second-order valence-corrected chi connectivity index (χ2v) is 6.03. The van der Waals surface area contributed by atoms with Crippen molar-refractivity contribution in [2.75, 3.05) is 0 Å². The van der Waals surface area contributed by atoms with Crippen LogP contribution in [0.1, 0.15) is 50.3 Å². The summed E-state index contributed by atoms with van der Waals surface area (Å²) >= 11 is 5.34. The fraction of sp³-hybridized carbons (Fsp3) is 0.533. The lowest BCUT2D eigenvalue weighted by molar-refractivity contribution is 0.560. The van der Waals surface area contributed by atoms with Crippen molar-refractivity contribution in [1.82, 2.24) is 19.7 Å². The molecule has 4 nitrogen and oxygen atoms in total. The van der Waals surface area contributed by atoms with Crippen LogP contribution in [-0.4, -0.2) is 19.7 Å². The quantitative estimate of drug-likeness (QED) is 0.671. The monoisotopic (exact) mass is 288 g/mol. The van der Waals surface area contributed by atoms with Gasteiger partial charge in [-0.1, -0.05) is 37.9 Å². The molecule has 0 amide bonds. The first-order chi connectivity index (χ1) is 9.72. The molecule has 2 aromatic rings. The van der Waals surface area contributed by atoms with Crippen molar-refractivity contribution >= 4 is 12.2 Å². The van der Waals surface area contributed by atoms with Crippen LogP contribution in [0, 0.1) is 4.64 Å². The van der Waals surface area contributed by atoms with Crippen LogP contribution in [0.25, 0.3) is 11.3 Å². The van der Waals surface area contributed by atoms with E-state index in [0.717, 1.165) is 17.1 Å². The third-order valence-electron chi connectivity index (χ3n) is 4.02. The number of aromatic nitrogens is 4. The van der Waals surface area contributed by atoms with Gasteiger partial charge in [-0.3, -0.25) is 4.68 Å². The number of H-pyrrole nitrogens is 1. The molecule has 20 heavy (non-hydrogen) atoms. The molecule has 0 atom stereocenters. The minimum Gasteiger partial charge on any atom is -0.343 e. The van der Waals surface area contributed by atoms with E-state index in [-0.39, 0.29) is 0 Å². The van der Waals surface area contributed by atoms with Crippen LogP contribution >= 0.6 is 12.2 Å². The molecule has 1 aliphatic carbocycles. The standard InChI is InChI=1S/C15H20N4S/c1-19-10-12(9-16-19)13-8-14(20)18-15(17-13)11-6-4-2-3-5-7-11/h8-11H,2-7H2,1H3,(H,17,18,20). The van der Waals surface area contributed by atoms with Crippen molar-refractivity contribution in [3.8, 4) is 11.3 Å². The van der Waals surface area contributed by atoms with E-state index in [4.69, 9.17) is 12.2 Å². The normalized spacial score (nSPS) is 17.1. The van der Waals surface area contributed by atoms with Gasteiger partial charge in [0.1, 0.15) is 10.5 Å². The van der Waals surface area contributed by atoms with Crippen LogP contribution in [0.15, 0.2) is 18.5 Å². The maximum atomic E-state index is 5.34. The molecule has 1 aliphatic rings. The average Bonchev–Trinajstić information content (AvgIpc) is 2.71. The first-order valence-corrected chi connectivity index (χ1v) is 7.73. The minimum atomic E-state index is 0.524. The van der Waals surface area contributed by atoms with E-state index in [9.17, 15) is 0 Å². The molecule has 3 rings (SSSR count). The Morgan fingerprint density at radius 1 is 1.25 bits per heavy atom. The number of hydrogen-bond donors (Lipinski definition) is 1. The fourth-order valence-electron chi connectivity index (χ4n) is 2.94. The van der Waals surface area contributed by atoms with Crippen LogP contribution in [0.4, 0.5) is 0 Å². The summed E-state index contributed by atoms with van der Waals surface area (Å²) in [6.07, 6.45) is 11.6. The lowest BCUT2D eigenvalue weighted by Crippen LogP contribution is -2.05. The number of aromatic amines is 1. The highest BCUT2D eigenvalue weighted by atomic mass is 32.1. The van der Waals surface area contributed by atoms with E-state index in [1.807, 2.05) is 25.5 Å². The predicted molar refractivity (Wildman–Crippen MR) is 82.1 cm³/mol. The predicted octanol–water partition coefficient (Wildman–Crippen LogP) is 3.98. The van der Waals surface area contributed by atoms with Crippen LogP contribution < -0.4 is 0 Å². The molecule has 1 N–H and O–H groups in total. The molecule has 2 heterocycles. The van der Waals surface area contributed by atoms with Gasteiger partial charge < -0.3 is 4.98 Å². The van der Waals surface area contributed by atoms with E-state index in [2.05, 4.69) is 15.1 Å². The molecule has 106 valence electrons. The molecule has 0 saturated heterocycles. The van der Waals surface area contributed by atoms with Crippen LogP contribution in [0.5, 0.6) is 0 Å². The van der Waals surface area contributed by atoms with E-state index in [0.29, 0.717) is 10.6 Å². The molecular formula is C15H20N4S. The zero-order chi connectivity index (χ0) is 13.9. The molecule has 1 saturated carbocycles. The summed E-state index contributed by atoms with van der Waals surface area (Å²) in [4.78, 5) is 8.04. The van der Waals surface area contributed by atoms with Gasteiger partial charge in [-0.25, -0.2) is 4.98 Å². The summed E-state index contributed by atoms with van der Waals surface area (Å²) in [5.41, 5.74) is 2.09. The maximum Gasteiger partial charge on any atom is 0.130 e. The third-order valence-corrected chi connectivity index (χ3v) is 4.23. The Kier molecular flexibility index (Phi) is 3.96. The molecule has 5 heteroatoms. The number of aryl methyl sites for hydroxylation is 1. The Bertz CT molecular complexity index is 635. The van der Waals surface area contributed by atoms with Crippen LogP contribution in [0.2, 0.25) is 0 Å². The molecule has 0 radical (unpaired) electrons. The zero-order valence-corrected chi connectivity index (χ0v) is 12.6. The van der Waals surface area contributed by atoms with Gasteiger partial charge in [-0.05, 0) is 18.9 Å². The number of hydrogen-bond acceptors (Lipinski definition) is 3. The van der Waals surface area contributed by atoms with E-state index >= 15 is 0 Å². The van der Waals surface area contributed by atoms with Crippen molar-refractivity contribution in [3.05, 3.63) is 28.9 Å². The van der Waals surface area contributed by atoms with Gasteiger partial charge in [-0.15, -0.1) is 0 Å². The molecule has 0 unspecified atom stereocenters.